The van der Waals surface area contributed by atoms with E-state index in [1.54, 1.807) is 32.2 Å². The summed E-state index contributed by atoms with van der Waals surface area (Å²) in [6.07, 6.45) is 0.436. The first-order valence-corrected chi connectivity index (χ1v) is 4.69. The average molecular weight is 209 g/mol. The molecule has 0 spiro atoms. The number of nitrogen functional groups attached to an aromatic ring is 1. The number of carboxylic acid groups (broad SMARTS) is 1. The Morgan fingerprint density at radius 3 is 2.73 bits per heavy atom. The van der Waals surface area contributed by atoms with E-state index >= 15 is 0 Å². The minimum atomic E-state index is -0.815. The summed E-state index contributed by atoms with van der Waals surface area (Å²) in [7, 11) is 1.56. The van der Waals surface area contributed by atoms with Crippen LogP contribution in [0.3, 0.4) is 0 Å². The van der Waals surface area contributed by atoms with Crippen LogP contribution in [0.5, 0.6) is 5.75 Å². The lowest BCUT2D eigenvalue weighted by Crippen LogP contribution is -2.13. The third kappa shape index (κ3) is 2.87. The Bertz CT molecular complexity index is 363. The number of anilines is 1. The van der Waals surface area contributed by atoms with Crippen LogP contribution in [0.2, 0.25) is 0 Å². The van der Waals surface area contributed by atoms with E-state index in [-0.39, 0.29) is 0 Å². The van der Waals surface area contributed by atoms with Gasteiger partial charge in [0.05, 0.1) is 13.0 Å². The summed E-state index contributed by atoms with van der Waals surface area (Å²) < 4.78 is 5.01. The lowest BCUT2D eigenvalue weighted by atomic mass is 10.00. The molecular weight excluding hydrogens is 194 g/mol. The molecule has 1 rings (SSSR count). The van der Waals surface area contributed by atoms with Crippen LogP contribution < -0.4 is 10.5 Å². The predicted octanol–water partition coefficient (Wildman–Crippen LogP) is 1.54. The lowest BCUT2D eigenvalue weighted by Gasteiger charge is -2.10. The molecule has 1 aromatic rings. The van der Waals surface area contributed by atoms with Crippen LogP contribution in [0.1, 0.15) is 12.5 Å². The highest BCUT2D eigenvalue weighted by molar-refractivity contribution is 5.70. The Labute approximate surface area is 88.7 Å². The van der Waals surface area contributed by atoms with Crippen LogP contribution in [-0.2, 0) is 11.2 Å². The second-order valence-corrected chi connectivity index (χ2v) is 3.51. The van der Waals surface area contributed by atoms with Gasteiger partial charge in [-0.25, -0.2) is 0 Å². The standard InChI is InChI=1S/C11H15NO3/c1-7(11(13)14)5-8-3-4-9(15-2)6-10(8)12/h3-4,6-7H,5,12H2,1-2H3,(H,13,14). The van der Waals surface area contributed by atoms with Crippen molar-refractivity contribution in [1.82, 2.24) is 0 Å². The van der Waals surface area contributed by atoms with Crippen LogP contribution in [0.25, 0.3) is 0 Å². The molecule has 0 saturated carbocycles. The van der Waals surface area contributed by atoms with E-state index in [9.17, 15) is 4.79 Å². The number of hydrogen-bond donors (Lipinski definition) is 2. The molecule has 0 fully saturated rings. The fraction of sp³-hybridized carbons (Fsp3) is 0.364. The maximum atomic E-state index is 10.7. The van der Waals surface area contributed by atoms with Gasteiger partial charge in [-0.1, -0.05) is 13.0 Å². The van der Waals surface area contributed by atoms with Crippen molar-refractivity contribution >= 4 is 11.7 Å². The van der Waals surface area contributed by atoms with Crippen LogP contribution in [0.15, 0.2) is 18.2 Å². The van der Waals surface area contributed by atoms with E-state index in [4.69, 9.17) is 15.6 Å². The second kappa shape index (κ2) is 4.68. The van der Waals surface area contributed by atoms with Gasteiger partial charge in [0.25, 0.3) is 0 Å². The maximum absolute atomic E-state index is 10.7. The van der Waals surface area contributed by atoms with Crippen molar-refractivity contribution in [2.45, 2.75) is 13.3 Å². The van der Waals surface area contributed by atoms with Gasteiger partial charge in [0, 0.05) is 11.8 Å². The monoisotopic (exact) mass is 209 g/mol. The SMILES string of the molecule is COc1ccc(CC(C)C(=O)O)c(N)c1. The quantitative estimate of drug-likeness (QED) is 0.738. The van der Waals surface area contributed by atoms with Crippen LogP contribution >= 0.6 is 0 Å². The second-order valence-electron chi connectivity index (χ2n) is 3.51. The summed E-state index contributed by atoms with van der Waals surface area (Å²) in [6, 6.07) is 5.28. The van der Waals surface area contributed by atoms with Gasteiger partial charge in [0.1, 0.15) is 5.75 Å². The van der Waals surface area contributed by atoms with E-state index in [1.165, 1.54) is 0 Å². The molecule has 1 unspecified atom stereocenters. The first kappa shape index (κ1) is 11.4. The smallest absolute Gasteiger partial charge is 0.306 e. The highest BCUT2D eigenvalue weighted by atomic mass is 16.5. The van der Waals surface area contributed by atoms with Gasteiger partial charge in [-0.2, -0.15) is 0 Å². The number of benzene rings is 1. The zero-order valence-corrected chi connectivity index (χ0v) is 8.86. The van der Waals surface area contributed by atoms with Gasteiger partial charge in [0.15, 0.2) is 0 Å². The van der Waals surface area contributed by atoms with Crippen LogP contribution in [0, 0.1) is 5.92 Å². The minimum absolute atomic E-state index is 0.430. The molecule has 15 heavy (non-hydrogen) atoms. The molecule has 3 N–H and O–H groups in total. The van der Waals surface area contributed by atoms with Crippen molar-refractivity contribution in [2.24, 2.45) is 5.92 Å². The Hall–Kier alpha value is -1.71. The van der Waals surface area contributed by atoms with Crippen molar-refractivity contribution in [3.63, 3.8) is 0 Å². The van der Waals surface area contributed by atoms with Crippen molar-refractivity contribution in [1.29, 1.82) is 0 Å². The number of nitrogens with two attached hydrogens (primary N) is 1. The van der Waals surface area contributed by atoms with E-state index in [0.29, 0.717) is 17.9 Å². The molecule has 0 bridgehead atoms. The summed E-state index contributed by atoms with van der Waals surface area (Å²) >= 11 is 0. The Morgan fingerprint density at radius 1 is 1.60 bits per heavy atom. The normalized spacial score (nSPS) is 12.1. The van der Waals surface area contributed by atoms with Gasteiger partial charge < -0.3 is 15.6 Å². The number of carbonyl (C=O) groups is 1. The Balaban J connectivity index is 2.82. The van der Waals surface area contributed by atoms with Crippen molar-refractivity contribution in [3.05, 3.63) is 23.8 Å². The molecule has 0 aromatic heterocycles. The summed E-state index contributed by atoms with van der Waals surface area (Å²) in [5, 5.41) is 8.77. The molecule has 0 aliphatic carbocycles. The van der Waals surface area contributed by atoms with Crippen LogP contribution in [-0.4, -0.2) is 18.2 Å². The number of hydrogen-bond acceptors (Lipinski definition) is 3. The molecule has 1 aromatic carbocycles. The van der Waals surface area contributed by atoms with Crippen LogP contribution in [0.4, 0.5) is 5.69 Å². The van der Waals surface area contributed by atoms with Gasteiger partial charge in [-0.05, 0) is 18.1 Å². The first-order chi connectivity index (χ1) is 7.04. The van der Waals surface area contributed by atoms with E-state index in [2.05, 4.69) is 0 Å². The molecule has 0 aliphatic rings. The predicted molar refractivity (Wildman–Crippen MR) is 57.9 cm³/mol. The fourth-order valence-electron chi connectivity index (χ4n) is 1.30. The summed E-state index contributed by atoms with van der Waals surface area (Å²) in [5.74, 6) is -0.565. The highest BCUT2D eigenvalue weighted by Gasteiger charge is 2.13. The molecule has 0 amide bonds. The first-order valence-electron chi connectivity index (χ1n) is 4.69. The Kier molecular flexibility index (Phi) is 3.55. The Morgan fingerprint density at radius 2 is 2.27 bits per heavy atom. The molecule has 4 nitrogen and oxygen atoms in total. The number of ether oxygens (including phenoxy) is 1. The summed E-state index contributed by atoms with van der Waals surface area (Å²) in [4.78, 5) is 10.7. The van der Waals surface area contributed by atoms with Crippen molar-refractivity contribution in [3.8, 4) is 5.75 Å². The number of methoxy groups -OCH3 is 1. The summed E-state index contributed by atoms with van der Waals surface area (Å²) in [6.45, 7) is 1.66. The van der Waals surface area contributed by atoms with E-state index < -0.39 is 11.9 Å². The zero-order chi connectivity index (χ0) is 11.4. The summed E-state index contributed by atoms with van der Waals surface area (Å²) in [5.41, 5.74) is 7.18. The number of rotatable bonds is 4. The zero-order valence-electron chi connectivity index (χ0n) is 8.86. The average Bonchev–Trinajstić information content (AvgIpc) is 2.20. The molecule has 1 atom stereocenters. The third-order valence-corrected chi connectivity index (χ3v) is 2.30. The molecule has 82 valence electrons. The van der Waals surface area contributed by atoms with Gasteiger partial charge in [0.2, 0.25) is 0 Å². The topological polar surface area (TPSA) is 72.5 Å². The van der Waals surface area contributed by atoms with Crippen molar-refractivity contribution in [2.75, 3.05) is 12.8 Å². The molecular formula is C11H15NO3. The number of aliphatic carboxylic acids is 1. The molecule has 0 aliphatic heterocycles. The molecule has 0 heterocycles. The molecule has 0 radical (unpaired) electrons. The van der Waals surface area contributed by atoms with Gasteiger partial charge in [-0.3, -0.25) is 4.79 Å². The maximum Gasteiger partial charge on any atom is 0.306 e. The fourth-order valence-corrected chi connectivity index (χ4v) is 1.30. The minimum Gasteiger partial charge on any atom is -0.497 e. The van der Waals surface area contributed by atoms with Gasteiger partial charge in [-0.15, -0.1) is 0 Å². The molecule has 0 saturated heterocycles. The highest BCUT2D eigenvalue weighted by Crippen LogP contribution is 2.22. The van der Waals surface area contributed by atoms with E-state index in [0.717, 1.165) is 5.56 Å². The number of carboxylic acids is 1. The van der Waals surface area contributed by atoms with Crippen molar-refractivity contribution < 1.29 is 14.6 Å². The van der Waals surface area contributed by atoms with Gasteiger partial charge >= 0.3 is 5.97 Å². The lowest BCUT2D eigenvalue weighted by molar-refractivity contribution is -0.141. The molecule has 4 heteroatoms. The largest absolute Gasteiger partial charge is 0.497 e. The third-order valence-electron chi connectivity index (χ3n) is 2.30. The van der Waals surface area contributed by atoms with E-state index in [1.807, 2.05) is 0 Å².